The average molecular weight is 769 g/mol. The van der Waals surface area contributed by atoms with Crippen LogP contribution in [0.4, 0.5) is 0 Å². The van der Waals surface area contributed by atoms with E-state index in [4.69, 9.17) is 0 Å². The molecule has 2 heterocycles. The molecule has 13 rings (SSSR count). The number of thiophene rings is 2. The van der Waals surface area contributed by atoms with Gasteiger partial charge in [0.05, 0.1) is 0 Å². The Kier molecular flexibility index (Phi) is 6.86. The number of hydrogen-bond acceptors (Lipinski definition) is 2. The lowest BCUT2D eigenvalue weighted by molar-refractivity contribution is 1.68. The second-order valence-corrected chi connectivity index (χ2v) is 17.6. The number of rotatable bonds is 3. The smallest absolute Gasteiger partial charge is 0.0448 e. The summed E-state index contributed by atoms with van der Waals surface area (Å²) in [5, 5.41) is 18.1. The van der Waals surface area contributed by atoms with Crippen LogP contribution < -0.4 is 0 Å². The first-order chi connectivity index (χ1) is 28.8. The monoisotopic (exact) mass is 768 g/mol. The Labute approximate surface area is 342 Å². The normalized spacial score (nSPS) is 12.1. The van der Waals surface area contributed by atoms with Crippen molar-refractivity contribution in [2.24, 2.45) is 0 Å². The zero-order valence-corrected chi connectivity index (χ0v) is 32.9. The Bertz CT molecular complexity index is 3800. The van der Waals surface area contributed by atoms with Crippen LogP contribution in [0.15, 0.2) is 194 Å². The Morgan fingerprint density at radius 2 is 0.793 bits per heavy atom. The van der Waals surface area contributed by atoms with Gasteiger partial charge in [-0.25, -0.2) is 0 Å². The van der Waals surface area contributed by atoms with Crippen LogP contribution in [0.5, 0.6) is 0 Å². The van der Waals surface area contributed by atoms with Crippen LogP contribution in [-0.4, -0.2) is 0 Å². The van der Waals surface area contributed by atoms with Gasteiger partial charge in [-0.15, -0.1) is 22.7 Å². The maximum Gasteiger partial charge on any atom is 0.0448 e. The standard InChI is InChI=1S/C56H32S2/c1-2-14-34-31-36(26-25-33(34)13-1)51-41-20-7-9-22-43(41)52(44-23-10-8-21-42(44)51)45-27-28-46(39-18-6-5-17-38(39)45)53-37-16-4-3-15-35(37)32-48-54-50(58-56(48)53)30-29-47-40-19-11-12-24-49(40)57-55(47)54/h1-32H. The van der Waals surface area contributed by atoms with E-state index >= 15 is 0 Å². The van der Waals surface area contributed by atoms with E-state index < -0.39 is 0 Å². The molecule has 0 bridgehead atoms. The van der Waals surface area contributed by atoms with E-state index in [2.05, 4.69) is 194 Å². The molecule has 0 nitrogen and oxygen atoms in total. The summed E-state index contributed by atoms with van der Waals surface area (Å²) in [5.41, 5.74) is 7.69. The van der Waals surface area contributed by atoms with Crippen LogP contribution in [0.25, 0.3) is 128 Å². The van der Waals surface area contributed by atoms with Crippen molar-refractivity contribution >= 4 is 117 Å². The molecule has 2 heteroatoms. The van der Waals surface area contributed by atoms with E-state index in [-0.39, 0.29) is 0 Å². The minimum atomic E-state index is 1.24. The molecule has 0 atom stereocenters. The molecule has 0 unspecified atom stereocenters. The molecule has 2 aromatic heterocycles. The first kappa shape index (κ1) is 32.3. The minimum absolute atomic E-state index is 1.24. The van der Waals surface area contributed by atoms with Crippen LogP contribution in [0.3, 0.4) is 0 Å². The number of benzene rings is 11. The summed E-state index contributed by atoms with van der Waals surface area (Å²) in [6.07, 6.45) is 0. The zero-order valence-electron chi connectivity index (χ0n) is 31.3. The molecule has 268 valence electrons. The van der Waals surface area contributed by atoms with Gasteiger partial charge in [0.1, 0.15) is 0 Å². The van der Waals surface area contributed by atoms with Gasteiger partial charge < -0.3 is 0 Å². The Balaban J connectivity index is 1.11. The summed E-state index contributed by atoms with van der Waals surface area (Å²) < 4.78 is 5.43. The van der Waals surface area contributed by atoms with Crippen molar-refractivity contribution in [3.63, 3.8) is 0 Å². The molecule has 0 aliphatic carbocycles. The molecule has 0 aliphatic rings. The van der Waals surface area contributed by atoms with Gasteiger partial charge >= 0.3 is 0 Å². The van der Waals surface area contributed by atoms with Gasteiger partial charge in [-0.2, -0.15) is 0 Å². The highest BCUT2D eigenvalue weighted by molar-refractivity contribution is 7.30. The van der Waals surface area contributed by atoms with Crippen molar-refractivity contribution in [2.75, 3.05) is 0 Å². The Hall–Kier alpha value is -6.84. The molecule has 0 aliphatic heterocycles. The van der Waals surface area contributed by atoms with Crippen molar-refractivity contribution in [3.8, 4) is 33.4 Å². The van der Waals surface area contributed by atoms with Crippen LogP contribution >= 0.6 is 22.7 Å². The van der Waals surface area contributed by atoms with E-state index in [1.165, 1.54) is 128 Å². The topological polar surface area (TPSA) is 0 Å². The van der Waals surface area contributed by atoms with E-state index in [1.54, 1.807) is 0 Å². The number of hydrogen-bond donors (Lipinski definition) is 0. The fourth-order valence-corrected chi connectivity index (χ4v) is 12.5. The summed E-state index contributed by atoms with van der Waals surface area (Å²) in [6.45, 7) is 0. The predicted octanol–water partition coefficient (Wildman–Crippen LogP) is 17.2. The van der Waals surface area contributed by atoms with Gasteiger partial charge in [0.2, 0.25) is 0 Å². The van der Waals surface area contributed by atoms with Crippen molar-refractivity contribution in [2.45, 2.75) is 0 Å². The van der Waals surface area contributed by atoms with Gasteiger partial charge in [-0.1, -0.05) is 170 Å². The van der Waals surface area contributed by atoms with Gasteiger partial charge in [-0.3, -0.25) is 0 Å². The van der Waals surface area contributed by atoms with E-state index in [0.717, 1.165) is 0 Å². The quantitative estimate of drug-likeness (QED) is 0.157. The van der Waals surface area contributed by atoms with Crippen LogP contribution in [0.2, 0.25) is 0 Å². The SMILES string of the molecule is c1ccc2cc(-c3c4ccccc4c(-c4ccc(-c5c6ccccc6cc6c5sc5ccc7c8ccccc8sc7c56)c5ccccc45)c4ccccc34)ccc2c1. The highest BCUT2D eigenvalue weighted by Gasteiger charge is 2.22. The molecule has 0 saturated carbocycles. The minimum Gasteiger partial charge on any atom is -0.134 e. The van der Waals surface area contributed by atoms with Crippen molar-refractivity contribution in [3.05, 3.63) is 194 Å². The van der Waals surface area contributed by atoms with Crippen LogP contribution in [0, 0.1) is 0 Å². The van der Waals surface area contributed by atoms with E-state index in [9.17, 15) is 0 Å². The largest absolute Gasteiger partial charge is 0.134 e. The average Bonchev–Trinajstić information content (AvgIpc) is 3.85. The molecule has 58 heavy (non-hydrogen) atoms. The fraction of sp³-hybridized carbons (Fsp3) is 0. The van der Waals surface area contributed by atoms with Crippen molar-refractivity contribution in [1.29, 1.82) is 0 Å². The molecule has 13 aromatic rings. The lowest BCUT2D eigenvalue weighted by Gasteiger charge is -2.20. The number of fused-ring (bicyclic) bond motifs is 12. The van der Waals surface area contributed by atoms with Gasteiger partial charge in [-0.05, 0) is 106 Å². The molecular weight excluding hydrogens is 737 g/mol. The molecule has 0 fully saturated rings. The summed E-state index contributed by atoms with van der Waals surface area (Å²) in [6, 6.07) is 72.5. The molecule has 0 spiro atoms. The summed E-state index contributed by atoms with van der Waals surface area (Å²) >= 11 is 3.87. The second-order valence-electron chi connectivity index (χ2n) is 15.5. The van der Waals surface area contributed by atoms with E-state index in [0.29, 0.717) is 0 Å². The lowest BCUT2D eigenvalue weighted by Crippen LogP contribution is -1.93. The first-order valence-corrected chi connectivity index (χ1v) is 21.6. The van der Waals surface area contributed by atoms with Crippen molar-refractivity contribution in [1.82, 2.24) is 0 Å². The third-order valence-corrected chi connectivity index (χ3v) is 14.8. The van der Waals surface area contributed by atoms with E-state index in [1.807, 2.05) is 22.7 Å². The molecule has 11 aromatic carbocycles. The molecule has 0 saturated heterocycles. The maximum absolute atomic E-state index is 2.45. The predicted molar refractivity (Wildman–Crippen MR) is 256 cm³/mol. The Morgan fingerprint density at radius 1 is 0.259 bits per heavy atom. The summed E-state index contributed by atoms with van der Waals surface area (Å²) in [4.78, 5) is 0. The van der Waals surface area contributed by atoms with Gasteiger partial charge in [0.25, 0.3) is 0 Å². The van der Waals surface area contributed by atoms with Gasteiger partial charge in [0.15, 0.2) is 0 Å². The second kappa shape index (κ2) is 12.3. The molecule has 0 N–H and O–H groups in total. The highest BCUT2D eigenvalue weighted by Crippen LogP contribution is 2.52. The van der Waals surface area contributed by atoms with Crippen LogP contribution in [-0.2, 0) is 0 Å². The summed E-state index contributed by atoms with van der Waals surface area (Å²) in [7, 11) is 0. The fourth-order valence-electron chi connectivity index (χ4n) is 9.92. The van der Waals surface area contributed by atoms with Crippen molar-refractivity contribution < 1.29 is 0 Å². The molecule has 0 amide bonds. The molecule has 0 radical (unpaired) electrons. The van der Waals surface area contributed by atoms with Crippen LogP contribution in [0.1, 0.15) is 0 Å². The van der Waals surface area contributed by atoms with Gasteiger partial charge in [0, 0.05) is 45.9 Å². The zero-order chi connectivity index (χ0) is 37.9. The summed E-state index contributed by atoms with van der Waals surface area (Å²) in [5.74, 6) is 0. The highest BCUT2D eigenvalue weighted by atomic mass is 32.1. The third kappa shape index (κ3) is 4.56. The third-order valence-electron chi connectivity index (χ3n) is 12.4. The lowest BCUT2D eigenvalue weighted by atomic mass is 9.83. The Morgan fingerprint density at radius 3 is 1.50 bits per heavy atom. The first-order valence-electron chi connectivity index (χ1n) is 19.9. The maximum atomic E-state index is 2.45. The molecular formula is C56H32S2.